The lowest BCUT2D eigenvalue weighted by Gasteiger charge is -2.35. The third kappa shape index (κ3) is 4.96. The number of quaternary nitrogens is 2. The Morgan fingerprint density at radius 2 is 1.63 bits per heavy atom. The van der Waals surface area contributed by atoms with Crippen LogP contribution in [0.1, 0.15) is 12.5 Å². The molecule has 164 valence electrons. The average Bonchev–Trinajstić information content (AvgIpc) is 3.23. The maximum Gasteiger partial charge on any atom is 0.410 e. The van der Waals surface area contributed by atoms with E-state index in [1.807, 2.05) is 17.9 Å². The van der Waals surface area contributed by atoms with Gasteiger partial charge in [-0.1, -0.05) is 0 Å². The van der Waals surface area contributed by atoms with Crippen molar-refractivity contribution in [1.82, 2.24) is 9.80 Å². The molecular formula is C21H32N4O5+2. The molecule has 0 radical (unpaired) electrons. The van der Waals surface area contributed by atoms with Gasteiger partial charge in [-0.3, -0.25) is 9.69 Å². The Balaban J connectivity index is 1.18. The smallest absolute Gasteiger partial charge is 0.410 e. The summed E-state index contributed by atoms with van der Waals surface area (Å²) in [5, 5.41) is 0. The van der Waals surface area contributed by atoms with Crippen LogP contribution >= 0.6 is 0 Å². The van der Waals surface area contributed by atoms with Gasteiger partial charge in [0, 0.05) is 5.56 Å². The minimum Gasteiger partial charge on any atom is -0.454 e. The Morgan fingerprint density at radius 1 is 0.967 bits per heavy atom. The fourth-order valence-electron chi connectivity index (χ4n) is 4.31. The van der Waals surface area contributed by atoms with E-state index in [0.29, 0.717) is 33.0 Å². The molecule has 0 spiro atoms. The van der Waals surface area contributed by atoms with Crippen LogP contribution in [0.25, 0.3) is 0 Å². The van der Waals surface area contributed by atoms with E-state index in [1.54, 1.807) is 4.90 Å². The Kier molecular flexibility index (Phi) is 6.59. The molecule has 1 aromatic carbocycles. The van der Waals surface area contributed by atoms with Crippen molar-refractivity contribution in [2.24, 2.45) is 0 Å². The number of carbonyl (C=O) groups is 2. The molecule has 0 atom stereocenters. The van der Waals surface area contributed by atoms with Crippen LogP contribution in [0.3, 0.4) is 0 Å². The third-order valence-corrected chi connectivity index (χ3v) is 6.11. The lowest BCUT2D eigenvalue weighted by molar-refractivity contribution is -0.918. The molecule has 0 saturated carbocycles. The highest BCUT2D eigenvalue weighted by Crippen LogP contribution is 2.32. The van der Waals surface area contributed by atoms with E-state index in [0.717, 1.165) is 57.3 Å². The van der Waals surface area contributed by atoms with Crippen LogP contribution < -0.4 is 19.3 Å². The first-order chi connectivity index (χ1) is 14.6. The van der Waals surface area contributed by atoms with E-state index in [1.165, 1.54) is 15.4 Å². The summed E-state index contributed by atoms with van der Waals surface area (Å²) in [6.07, 6.45) is -0.246. The molecule has 2 N–H and O–H groups in total. The second-order valence-electron chi connectivity index (χ2n) is 8.11. The highest BCUT2D eigenvalue weighted by atomic mass is 16.7. The molecule has 0 aliphatic carbocycles. The quantitative estimate of drug-likeness (QED) is 0.576. The molecule has 0 unspecified atom stereocenters. The molecule has 2 saturated heterocycles. The number of hydrogen-bond donors (Lipinski definition) is 2. The molecule has 3 heterocycles. The largest absolute Gasteiger partial charge is 0.454 e. The predicted molar refractivity (Wildman–Crippen MR) is 108 cm³/mol. The second kappa shape index (κ2) is 9.53. The zero-order valence-corrected chi connectivity index (χ0v) is 17.7. The Hall–Kier alpha value is -2.52. The summed E-state index contributed by atoms with van der Waals surface area (Å²) in [4.78, 5) is 31.0. The Bertz CT molecular complexity index is 758. The number of nitrogens with zero attached hydrogens (tertiary/aromatic N) is 2. The van der Waals surface area contributed by atoms with Gasteiger partial charge in [0.1, 0.15) is 6.54 Å². The van der Waals surface area contributed by atoms with Gasteiger partial charge in [-0.05, 0) is 25.1 Å². The van der Waals surface area contributed by atoms with E-state index in [4.69, 9.17) is 14.2 Å². The van der Waals surface area contributed by atoms with E-state index >= 15 is 0 Å². The van der Waals surface area contributed by atoms with Gasteiger partial charge < -0.3 is 28.9 Å². The second-order valence-corrected chi connectivity index (χ2v) is 8.11. The minimum atomic E-state index is -0.246. The zero-order chi connectivity index (χ0) is 20.9. The fourth-order valence-corrected chi connectivity index (χ4v) is 4.31. The first kappa shape index (κ1) is 20.7. The standard InChI is InChI=1S/C21H30N4O5/c1-2-28-21(27)25-11-7-23(8-12-25)15-20(26)24-9-5-22(6-10-24)14-17-3-4-18-19(13-17)30-16-29-18/h3-4,13H,2,5-12,14-16H2,1H3/p+2. The molecule has 0 aromatic heterocycles. The Morgan fingerprint density at radius 3 is 2.37 bits per heavy atom. The molecule has 3 aliphatic heterocycles. The maximum atomic E-state index is 12.7. The van der Waals surface area contributed by atoms with Gasteiger partial charge in [-0.15, -0.1) is 0 Å². The first-order valence-electron chi connectivity index (χ1n) is 10.9. The number of carbonyl (C=O) groups excluding carboxylic acids is 2. The number of amides is 2. The van der Waals surface area contributed by atoms with Crippen molar-refractivity contribution >= 4 is 12.0 Å². The predicted octanol–water partition coefficient (Wildman–Crippen LogP) is -2.00. The topological polar surface area (TPSA) is 77.2 Å². The monoisotopic (exact) mass is 420 g/mol. The number of piperazine rings is 2. The van der Waals surface area contributed by atoms with Gasteiger partial charge in [0.15, 0.2) is 18.0 Å². The van der Waals surface area contributed by atoms with Crippen LogP contribution in [0.2, 0.25) is 0 Å². The van der Waals surface area contributed by atoms with Crippen LogP contribution in [0, 0.1) is 0 Å². The average molecular weight is 421 g/mol. The van der Waals surface area contributed by atoms with E-state index < -0.39 is 0 Å². The van der Waals surface area contributed by atoms with Crippen LogP contribution in [-0.4, -0.2) is 94.1 Å². The molecule has 9 heteroatoms. The molecule has 2 fully saturated rings. The van der Waals surface area contributed by atoms with Crippen LogP contribution in [0.5, 0.6) is 11.5 Å². The van der Waals surface area contributed by atoms with Crippen molar-refractivity contribution in [2.45, 2.75) is 13.5 Å². The molecule has 9 nitrogen and oxygen atoms in total. The summed E-state index contributed by atoms with van der Waals surface area (Å²) in [5.74, 6) is 1.86. The SMILES string of the molecule is CCOC(=O)N1CC[NH+](CC(=O)N2CC[NH+](Cc3ccc4c(c3)OCO4)CC2)CC1. The lowest BCUT2D eigenvalue weighted by atomic mass is 10.1. The van der Waals surface area contributed by atoms with Gasteiger partial charge in [-0.25, -0.2) is 4.79 Å². The van der Waals surface area contributed by atoms with E-state index in [9.17, 15) is 9.59 Å². The van der Waals surface area contributed by atoms with Gasteiger partial charge in [0.05, 0.1) is 59.0 Å². The van der Waals surface area contributed by atoms with Crippen LogP contribution in [0.4, 0.5) is 4.79 Å². The number of ether oxygens (including phenoxy) is 3. The fraction of sp³-hybridized carbons (Fsp3) is 0.619. The molecule has 0 bridgehead atoms. The number of benzene rings is 1. The van der Waals surface area contributed by atoms with E-state index in [-0.39, 0.29) is 12.0 Å². The van der Waals surface area contributed by atoms with Gasteiger partial charge in [0.25, 0.3) is 5.91 Å². The van der Waals surface area contributed by atoms with Crippen molar-refractivity contribution in [1.29, 1.82) is 0 Å². The van der Waals surface area contributed by atoms with Crippen molar-refractivity contribution in [3.05, 3.63) is 23.8 Å². The maximum absolute atomic E-state index is 12.7. The molecular weight excluding hydrogens is 388 g/mol. The lowest BCUT2D eigenvalue weighted by Crippen LogP contribution is -3.16. The number of nitrogens with one attached hydrogen (secondary N) is 2. The zero-order valence-electron chi connectivity index (χ0n) is 17.7. The highest BCUT2D eigenvalue weighted by molar-refractivity contribution is 5.77. The molecule has 4 rings (SSSR count). The van der Waals surface area contributed by atoms with Crippen LogP contribution in [0.15, 0.2) is 18.2 Å². The van der Waals surface area contributed by atoms with Crippen molar-refractivity contribution in [3.8, 4) is 11.5 Å². The number of rotatable bonds is 5. The van der Waals surface area contributed by atoms with Crippen molar-refractivity contribution in [3.63, 3.8) is 0 Å². The summed E-state index contributed by atoms with van der Waals surface area (Å²) < 4.78 is 15.9. The van der Waals surface area contributed by atoms with E-state index in [2.05, 4.69) is 12.1 Å². The van der Waals surface area contributed by atoms with Crippen molar-refractivity contribution in [2.75, 3.05) is 72.3 Å². The number of fused-ring (bicyclic) bond motifs is 1. The third-order valence-electron chi connectivity index (χ3n) is 6.11. The first-order valence-corrected chi connectivity index (χ1v) is 10.9. The van der Waals surface area contributed by atoms with Gasteiger partial charge in [-0.2, -0.15) is 0 Å². The van der Waals surface area contributed by atoms with Crippen LogP contribution in [-0.2, 0) is 16.1 Å². The van der Waals surface area contributed by atoms with Crippen molar-refractivity contribution < 1.29 is 33.6 Å². The molecule has 3 aliphatic rings. The van der Waals surface area contributed by atoms with Gasteiger partial charge >= 0.3 is 6.09 Å². The number of hydrogen-bond acceptors (Lipinski definition) is 5. The molecule has 1 aromatic rings. The summed E-state index contributed by atoms with van der Waals surface area (Å²) in [7, 11) is 0. The Labute approximate surface area is 177 Å². The van der Waals surface area contributed by atoms with Gasteiger partial charge in [0.2, 0.25) is 6.79 Å². The minimum absolute atomic E-state index is 0.219. The highest BCUT2D eigenvalue weighted by Gasteiger charge is 2.30. The summed E-state index contributed by atoms with van der Waals surface area (Å²) >= 11 is 0. The summed E-state index contributed by atoms with van der Waals surface area (Å²) in [6.45, 7) is 10.3. The molecule has 2 amide bonds. The summed E-state index contributed by atoms with van der Waals surface area (Å²) in [5.41, 5.74) is 1.23. The molecule has 30 heavy (non-hydrogen) atoms. The normalized spacial score (nSPS) is 19.8. The summed E-state index contributed by atoms with van der Waals surface area (Å²) in [6, 6.07) is 6.13.